The minimum atomic E-state index is -0.711. The van der Waals surface area contributed by atoms with Crippen molar-refractivity contribution in [3.8, 4) is 0 Å². The summed E-state index contributed by atoms with van der Waals surface area (Å²) in [7, 11) is 1.63. The van der Waals surface area contributed by atoms with Crippen molar-refractivity contribution in [1.29, 1.82) is 0 Å². The number of fused-ring (bicyclic) bond motifs is 1. The molecule has 2 aliphatic heterocycles. The summed E-state index contributed by atoms with van der Waals surface area (Å²) in [5.74, 6) is 4.23. The van der Waals surface area contributed by atoms with Crippen LogP contribution in [0.2, 0.25) is 0 Å². The molecular weight excluding hydrogens is 446 g/mol. The lowest BCUT2D eigenvalue weighted by molar-refractivity contribution is -0.579. The fourth-order valence-electron chi connectivity index (χ4n) is 3.69. The van der Waals surface area contributed by atoms with Crippen LogP contribution in [0.3, 0.4) is 0 Å². The van der Waals surface area contributed by atoms with Crippen LogP contribution in [-0.2, 0) is 25.6 Å². The molecule has 5 amide bonds. The van der Waals surface area contributed by atoms with Crippen LogP contribution in [0.5, 0.6) is 0 Å². The Morgan fingerprint density at radius 1 is 1.24 bits per heavy atom. The molecule has 5 N–H and O–H groups in total. The maximum Gasteiger partial charge on any atom is 0.319 e. The Balaban J connectivity index is 1.41. The molecule has 1 aromatic carbocycles. The van der Waals surface area contributed by atoms with Crippen LogP contribution < -0.4 is 21.8 Å². The zero-order valence-electron chi connectivity index (χ0n) is 19.0. The summed E-state index contributed by atoms with van der Waals surface area (Å²) >= 11 is 0. The number of carbonyl (C=O) groups is 4. The smallest absolute Gasteiger partial charge is 0.319 e. The van der Waals surface area contributed by atoms with E-state index in [1.807, 2.05) is 0 Å². The third kappa shape index (κ3) is 6.71. The van der Waals surface area contributed by atoms with Crippen molar-refractivity contribution in [1.82, 2.24) is 15.5 Å². The standard InChI is InChI=1S/C21H29N7O6/c1-27(22)24-8-10-34-12-11-33-9-7-23-21(32)25-16-4-2-3-14-15(16)13-28(20(14)31)17-5-6-18(29)26-19(17)30/h2-4,17H,5-13H2,1H3,(H4-,22,23,24,25,26,29,30,32)/p+1. The molecule has 34 heavy (non-hydrogen) atoms. The molecule has 184 valence electrons. The molecule has 1 saturated heterocycles. The van der Waals surface area contributed by atoms with Crippen LogP contribution in [0.4, 0.5) is 10.5 Å². The van der Waals surface area contributed by atoms with Gasteiger partial charge in [-0.25, -0.2) is 4.79 Å². The first-order valence-corrected chi connectivity index (χ1v) is 11.0. The number of hydrogen-bond donors (Lipinski definition) is 4. The second-order valence-electron chi connectivity index (χ2n) is 7.78. The topological polar surface area (TPSA) is 167 Å². The van der Waals surface area contributed by atoms with E-state index < -0.39 is 18.0 Å². The number of nitrogens with two attached hydrogens (primary N) is 1. The summed E-state index contributed by atoms with van der Waals surface area (Å²) in [6.07, 6.45) is 0.457. The van der Waals surface area contributed by atoms with Gasteiger partial charge in [-0.05, 0) is 28.5 Å². The zero-order chi connectivity index (χ0) is 24.5. The maximum absolute atomic E-state index is 12.8. The predicted molar refractivity (Wildman–Crippen MR) is 119 cm³/mol. The van der Waals surface area contributed by atoms with Crippen molar-refractivity contribution in [2.45, 2.75) is 25.4 Å². The van der Waals surface area contributed by atoms with Crippen molar-refractivity contribution in [2.24, 2.45) is 11.0 Å². The molecular formula is C21H30N7O6+. The van der Waals surface area contributed by atoms with Gasteiger partial charge in [-0.15, -0.1) is 0 Å². The van der Waals surface area contributed by atoms with Gasteiger partial charge in [0.1, 0.15) is 12.6 Å². The van der Waals surface area contributed by atoms with E-state index in [1.54, 1.807) is 25.2 Å². The highest BCUT2D eigenvalue weighted by Crippen LogP contribution is 2.32. The lowest BCUT2D eigenvalue weighted by Gasteiger charge is -2.29. The van der Waals surface area contributed by atoms with Gasteiger partial charge in [0.2, 0.25) is 11.8 Å². The molecule has 0 radical (unpaired) electrons. The van der Waals surface area contributed by atoms with Gasteiger partial charge >= 0.3 is 6.03 Å². The van der Waals surface area contributed by atoms with Crippen LogP contribution in [0.1, 0.15) is 28.8 Å². The number of benzene rings is 1. The number of rotatable bonds is 11. The van der Waals surface area contributed by atoms with Gasteiger partial charge in [-0.2, -0.15) is 5.84 Å². The van der Waals surface area contributed by atoms with E-state index in [-0.39, 0.29) is 37.7 Å². The summed E-state index contributed by atoms with van der Waals surface area (Å²) < 4.78 is 10.7. The number of carbonyl (C=O) groups excluding carboxylic acids is 4. The largest absolute Gasteiger partial charge is 0.377 e. The van der Waals surface area contributed by atoms with Crippen molar-refractivity contribution >= 4 is 29.4 Å². The van der Waals surface area contributed by atoms with Gasteiger partial charge in [-0.1, -0.05) is 6.07 Å². The number of imide groups is 1. The van der Waals surface area contributed by atoms with Crippen LogP contribution in [0.25, 0.3) is 0 Å². The summed E-state index contributed by atoms with van der Waals surface area (Å²) in [4.78, 5) is 51.4. The van der Waals surface area contributed by atoms with Crippen molar-refractivity contribution < 1.29 is 33.5 Å². The second kappa shape index (κ2) is 12.0. The number of nitrogens with zero attached hydrogens (tertiary/aromatic N) is 3. The quantitative estimate of drug-likeness (QED) is 0.0839. The Labute approximate surface area is 196 Å². The van der Waals surface area contributed by atoms with Crippen LogP contribution >= 0.6 is 0 Å². The van der Waals surface area contributed by atoms with Gasteiger partial charge in [-0.3, -0.25) is 19.7 Å². The molecule has 1 unspecified atom stereocenters. The first kappa shape index (κ1) is 25.1. The first-order chi connectivity index (χ1) is 16.4. The third-order valence-corrected chi connectivity index (χ3v) is 5.29. The number of azo groups is 1. The molecule has 0 aliphatic carbocycles. The molecule has 1 fully saturated rings. The normalized spacial score (nSPS) is 18.0. The Bertz CT molecular complexity index is 963. The minimum absolute atomic E-state index is 0.175. The number of piperidine rings is 1. The molecule has 0 spiro atoms. The highest BCUT2D eigenvalue weighted by atomic mass is 16.5. The molecule has 0 bridgehead atoms. The second-order valence-corrected chi connectivity index (χ2v) is 7.78. The average molecular weight is 477 g/mol. The number of amides is 5. The summed E-state index contributed by atoms with van der Waals surface area (Å²) in [6, 6.07) is 3.87. The number of hydrogen-bond acceptors (Lipinski definition) is 7. The van der Waals surface area contributed by atoms with Crippen molar-refractivity contribution in [3.63, 3.8) is 0 Å². The van der Waals surface area contributed by atoms with Crippen molar-refractivity contribution in [2.75, 3.05) is 51.9 Å². The lowest BCUT2D eigenvalue weighted by atomic mass is 10.0. The summed E-state index contributed by atoms with van der Waals surface area (Å²) in [6.45, 7) is 2.47. The minimum Gasteiger partial charge on any atom is -0.377 e. The highest BCUT2D eigenvalue weighted by molar-refractivity contribution is 6.06. The molecule has 2 aliphatic rings. The summed E-state index contributed by atoms with van der Waals surface area (Å²) in [5.41, 5.74) is 1.55. The van der Waals surface area contributed by atoms with Gasteiger partial charge in [0.15, 0.2) is 7.05 Å². The maximum atomic E-state index is 12.8. The Morgan fingerprint density at radius 2 is 2.00 bits per heavy atom. The Hall–Kier alpha value is -3.58. The Kier molecular flexibility index (Phi) is 8.87. The number of anilines is 1. The van der Waals surface area contributed by atoms with Gasteiger partial charge in [0, 0.05) is 36.3 Å². The third-order valence-electron chi connectivity index (χ3n) is 5.29. The fraction of sp³-hybridized carbons (Fsp3) is 0.524. The molecule has 1 aromatic rings. The van der Waals surface area contributed by atoms with E-state index in [2.05, 4.69) is 21.1 Å². The number of ether oxygens (including phenoxy) is 2. The van der Waals surface area contributed by atoms with Crippen LogP contribution in [0, 0.1) is 0 Å². The van der Waals surface area contributed by atoms with E-state index in [0.717, 1.165) is 0 Å². The lowest BCUT2D eigenvalue weighted by Crippen LogP contribution is -2.52. The van der Waals surface area contributed by atoms with E-state index in [9.17, 15) is 19.2 Å². The Morgan fingerprint density at radius 3 is 2.74 bits per heavy atom. The molecule has 13 nitrogen and oxygen atoms in total. The number of nitrogens with one attached hydrogen (secondary N) is 3. The molecule has 1 atom stereocenters. The molecule has 13 heteroatoms. The first-order valence-electron chi connectivity index (χ1n) is 11.0. The summed E-state index contributed by atoms with van der Waals surface area (Å²) in [5, 5.41) is 11.6. The van der Waals surface area contributed by atoms with Gasteiger partial charge < -0.3 is 25.0 Å². The van der Waals surface area contributed by atoms with E-state index >= 15 is 0 Å². The fourth-order valence-corrected chi connectivity index (χ4v) is 3.69. The molecule has 0 aromatic heterocycles. The molecule has 2 heterocycles. The van der Waals surface area contributed by atoms with Gasteiger partial charge in [0.25, 0.3) is 5.91 Å². The highest BCUT2D eigenvalue weighted by Gasteiger charge is 2.39. The number of urea groups is 1. The van der Waals surface area contributed by atoms with E-state index in [4.69, 9.17) is 15.3 Å². The zero-order valence-corrected chi connectivity index (χ0v) is 19.0. The monoisotopic (exact) mass is 476 g/mol. The SMILES string of the molecule is C[N+](N)=NCCOCCOCCNC(=O)Nc1cccc2c1CN(C1CCC(=O)NC1=O)C2=O. The average Bonchev–Trinajstić information content (AvgIpc) is 3.12. The van der Waals surface area contributed by atoms with Gasteiger partial charge in [0.05, 0.1) is 26.4 Å². The molecule has 3 rings (SSSR count). The number of hydrazine groups is 1. The van der Waals surface area contributed by atoms with E-state index in [1.165, 1.54) is 9.71 Å². The van der Waals surface area contributed by atoms with Crippen LogP contribution in [0.15, 0.2) is 23.3 Å². The predicted octanol–water partition coefficient (Wildman–Crippen LogP) is -0.429. The molecule has 0 saturated carbocycles. The van der Waals surface area contributed by atoms with Crippen molar-refractivity contribution in [3.05, 3.63) is 29.3 Å². The van der Waals surface area contributed by atoms with Crippen LogP contribution in [-0.4, -0.2) is 86.1 Å². The van der Waals surface area contributed by atoms with E-state index in [0.29, 0.717) is 49.8 Å².